The van der Waals surface area contributed by atoms with Crippen molar-refractivity contribution in [2.75, 3.05) is 31.4 Å². The van der Waals surface area contributed by atoms with E-state index in [-0.39, 0.29) is 0 Å². The van der Waals surface area contributed by atoms with Gasteiger partial charge in [-0.25, -0.2) is 4.98 Å². The van der Waals surface area contributed by atoms with Crippen LogP contribution in [0.2, 0.25) is 0 Å². The third kappa shape index (κ3) is 3.79. The number of nitrogens with zero attached hydrogens (tertiary/aromatic N) is 3. The number of hydrogen-bond acceptors (Lipinski definition) is 7. The lowest BCUT2D eigenvalue weighted by atomic mass is 10.3. The maximum Gasteiger partial charge on any atom is 0.242 e. The molecule has 2 rings (SSSR count). The van der Waals surface area contributed by atoms with Gasteiger partial charge in [-0.3, -0.25) is 4.98 Å². The summed E-state index contributed by atoms with van der Waals surface area (Å²) in [6.45, 7) is 1.46. The molecule has 106 valence electrons. The van der Waals surface area contributed by atoms with Gasteiger partial charge in [0, 0.05) is 26.0 Å². The van der Waals surface area contributed by atoms with Crippen LogP contribution in [-0.4, -0.2) is 35.3 Å². The highest BCUT2D eigenvalue weighted by atomic mass is 16.5. The van der Waals surface area contributed by atoms with Gasteiger partial charge < -0.3 is 20.5 Å². The van der Waals surface area contributed by atoms with Gasteiger partial charge in [-0.05, 0) is 17.7 Å². The Labute approximate surface area is 117 Å². The van der Waals surface area contributed by atoms with Gasteiger partial charge in [-0.15, -0.1) is 0 Å². The third-order valence-electron chi connectivity index (χ3n) is 2.58. The van der Waals surface area contributed by atoms with Gasteiger partial charge in [0.05, 0.1) is 6.61 Å². The van der Waals surface area contributed by atoms with E-state index in [0.717, 1.165) is 5.56 Å². The number of aromatic nitrogens is 3. The molecule has 0 aliphatic heterocycles. The quantitative estimate of drug-likeness (QED) is 0.730. The van der Waals surface area contributed by atoms with Gasteiger partial charge in [0.2, 0.25) is 5.88 Å². The normalized spacial score (nSPS) is 10.2. The van der Waals surface area contributed by atoms with E-state index in [1.54, 1.807) is 19.5 Å². The van der Waals surface area contributed by atoms with Gasteiger partial charge in [0.15, 0.2) is 5.82 Å². The zero-order valence-electron chi connectivity index (χ0n) is 11.2. The molecule has 0 atom stereocenters. The predicted octanol–water partition coefficient (Wildman–Crippen LogP) is 1.09. The fourth-order valence-electron chi connectivity index (χ4n) is 1.54. The molecule has 3 N–H and O–H groups in total. The van der Waals surface area contributed by atoms with Gasteiger partial charge in [0.25, 0.3) is 0 Å². The number of nitrogens with one attached hydrogen (secondary N) is 1. The first-order chi connectivity index (χ1) is 9.81. The molecular weight excluding hydrogens is 258 g/mol. The third-order valence-corrected chi connectivity index (χ3v) is 2.58. The van der Waals surface area contributed by atoms with Crippen LogP contribution in [0.25, 0.3) is 0 Å². The summed E-state index contributed by atoms with van der Waals surface area (Å²) in [5.41, 5.74) is 7.43. The molecule has 20 heavy (non-hydrogen) atoms. The molecule has 7 nitrogen and oxygen atoms in total. The van der Waals surface area contributed by atoms with E-state index in [4.69, 9.17) is 15.2 Å². The van der Waals surface area contributed by atoms with Crippen molar-refractivity contribution >= 4 is 11.5 Å². The maximum absolute atomic E-state index is 5.96. The van der Waals surface area contributed by atoms with Crippen LogP contribution in [0, 0.1) is 0 Å². The first kappa shape index (κ1) is 14.0. The fourth-order valence-corrected chi connectivity index (χ4v) is 1.54. The minimum Gasteiger partial charge on any atom is -0.474 e. The highest BCUT2D eigenvalue weighted by molar-refractivity contribution is 5.66. The summed E-state index contributed by atoms with van der Waals surface area (Å²) >= 11 is 0. The second-order valence-electron chi connectivity index (χ2n) is 3.99. The standard InChI is InChI=1S/C13H17N5O2/c1-19-6-7-20-13-11(14)12(17-9-18-13)16-8-10-2-4-15-5-3-10/h2-5,9H,6-8,14H2,1H3,(H,16,17,18). The van der Waals surface area contributed by atoms with Crippen molar-refractivity contribution in [3.05, 3.63) is 36.4 Å². The first-order valence-corrected chi connectivity index (χ1v) is 6.16. The van der Waals surface area contributed by atoms with Gasteiger partial charge in [0.1, 0.15) is 18.6 Å². The molecule has 0 aliphatic rings. The van der Waals surface area contributed by atoms with Crippen molar-refractivity contribution < 1.29 is 9.47 Å². The minimum atomic E-state index is 0.356. The molecule has 0 bridgehead atoms. The van der Waals surface area contributed by atoms with Crippen LogP contribution in [0.5, 0.6) is 5.88 Å². The summed E-state index contributed by atoms with van der Waals surface area (Å²) in [4.78, 5) is 12.1. The monoisotopic (exact) mass is 275 g/mol. The SMILES string of the molecule is COCCOc1ncnc(NCc2ccncc2)c1N. The molecule has 0 aromatic carbocycles. The topological polar surface area (TPSA) is 95.2 Å². The lowest BCUT2D eigenvalue weighted by Gasteiger charge is -2.11. The molecular formula is C13H17N5O2. The number of nitrogens with two attached hydrogens (primary N) is 1. The molecule has 0 saturated heterocycles. The highest BCUT2D eigenvalue weighted by Gasteiger charge is 2.08. The second-order valence-corrected chi connectivity index (χ2v) is 3.99. The summed E-state index contributed by atoms with van der Waals surface area (Å²) < 4.78 is 10.3. The second kappa shape index (κ2) is 7.25. The van der Waals surface area contributed by atoms with Crippen LogP contribution in [0.1, 0.15) is 5.56 Å². The lowest BCUT2D eigenvalue weighted by molar-refractivity contribution is 0.144. The van der Waals surface area contributed by atoms with Crippen molar-refractivity contribution in [3.63, 3.8) is 0 Å². The number of ether oxygens (including phenoxy) is 2. The summed E-state index contributed by atoms with van der Waals surface area (Å²) in [5, 5.41) is 3.14. The molecule has 0 aliphatic carbocycles. The van der Waals surface area contributed by atoms with E-state index >= 15 is 0 Å². The molecule has 0 unspecified atom stereocenters. The highest BCUT2D eigenvalue weighted by Crippen LogP contribution is 2.24. The van der Waals surface area contributed by atoms with E-state index in [1.807, 2.05) is 12.1 Å². The lowest BCUT2D eigenvalue weighted by Crippen LogP contribution is -2.10. The van der Waals surface area contributed by atoms with Crippen molar-refractivity contribution in [1.29, 1.82) is 0 Å². The zero-order chi connectivity index (χ0) is 14.2. The Morgan fingerprint density at radius 1 is 1.20 bits per heavy atom. The van der Waals surface area contributed by atoms with Crippen LogP contribution >= 0.6 is 0 Å². The van der Waals surface area contributed by atoms with Crippen LogP contribution < -0.4 is 15.8 Å². The Hall–Kier alpha value is -2.41. The summed E-state index contributed by atoms with van der Waals surface area (Å²) in [6.07, 6.45) is 4.88. The number of rotatable bonds is 7. The number of methoxy groups -OCH3 is 1. The zero-order valence-corrected chi connectivity index (χ0v) is 11.2. The van der Waals surface area contributed by atoms with E-state index in [2.05, 4.69) is 20.3 Å². The predicted molar refractivity (Wildman–Crippen MR) is 75.4 cm³/mol. The fraction of sp³-hybridized carbons (Fsp3) is 0.308. The average Bonchev–Trinajstić information content (AvgIpc) is 2.49. The molecule has 2 heterocycles. The molecule has 7 heteroatoms. The molecule has 2 aromatic heterocycles. The molecule has 2 aromatic rings. The number of nitrogen functional groups attached to an aromatic ring is 1. The Morgan fingerprint density at radius 2 is 2.00 bits per heavy atom. The number of pyridine rings is 1. The number of anilines is 2. The summed E-state index contributed by atoms with van der Waals surface area (Å²) in [7, 11) is 1.61. The van der Waals surface area contributed by atoms with E-state index in [1.165, 1.54) is 6.33 Å². The maximum atomic E-state index is 5.96. The minimum absolute atomic E-state index is 0.356. The average molecular weight is 275 g/mol. The first-order valence-electron chi connectivity index (χ1n) is 6.16. The Bertz CT molecular complexity index is 536. The van der Waals surface area contributed by atoms with E-state index in [9.17, 15) is 0 Å². The Kier molecular flexibility index (Phi) is 5.08. The van der Waals surface area contributed by atoms with Crippen molar-refractivity contribution in [3.8, 4) is 5.88 Å². The van der Waals surface area contributed by atoms with E-state index in [0.29, 0.717) is 37.1 Å². The van der Waals surface area contributed by atoms with E-state index < -0.39 is 0 Å². The van der Waals surface area contributed by atoms with Crippen LogP contribution in [0.15, 0.2) is 30.9 Å². The Morgan fingerprint density at radius 3 is 2.75 bits per heavy atom. The summed E-state index contributed by atoms with van der Waals surface area (Å²) in [6, 6.07) is 3.83. The van der Waals surface area contributed by atoms with Crippen molar-refractivity contribution in [1.82, 2.24) is 15.0 Å². The van der Waals surface area contributed by atoms with Crippen LogP contribution in [0.4, 0.5) is 11.5 Å². The molecule has 0 fully saturated rings. The summed E-state index contributed by atoms with van der Waals surface area (Å²) in [5.74, 6) is 0.901. The molecule has 0 spiro atoms. The van der Waals surface area contributed by atoms with Crippen LogP contribution in [0.3, 0.4) is 0 Å². The number of hydrogen-bond donors (Lipinski definition) is 2. The Balaban J connectivity index is 1.99. The molecule has 0 amide bonds. The van der Waals surface area contributed by atoms with Gasteiger partial charge in [-0.1, -0.05) is 0 Å². The van der Waals surface area contributed by atoms with Gasteiger partial charge in [-0.2, -0.15) is 4.98 Å². The molecule has 0 saturated carbocycles. The molecule has 0 radical (unpaired) electrons. The smallest absolute Gasteiger partial charge is 0.242 e. The van der Waals surface area contributed by atoms with Gasteiger partial charge >= 0.3 is 0 Å². The van der Waals surface area contributed by atoms with Crippen molar-refractivity contribution in [2.45, 2.75) is 6.54 Å². The van der Waals surface area contributed by atoms with Crippen molar-refractivity contribution in [2.24, 2.45) is 0 Å². The largest absolute Gasteiger partial charge is 0.474 e. The van der Waals surface area contributed by atoms with Crippen LogP contribution in [-0.2, 0) is 11.3 Å².